The number of amides is 1. The van der Waals surface area contributed by atoms with Gasteiger partial charge in [0.1, 0.15) is 17.1 Å². The second-order valence-corrected chi connectivity index (χ2v) is 5.41. The highest BCUT2D eigenvalue weighted by molar-refractivity contribution is 6.32. The molecule has 1 aromatic rings. The third-order valence-electron chi connectivity index (χ3n) is 3.28. The van der Waals surface area contributed by atoms with E-state index in [0.29, 0.717) is 0 Å². The van der Waals surface area contributed by atoms with Gasteiger partial charge in [0, 0.05) is 0 Å². The average molecular weight is 297 g/mol. The lowest BCUT2D eigenvalue weighted by Gasteiger charge is -2.22. The van der Waals surface area contributed by atoms with Gasteiger partial charge in [0.25, 0.3) is 5.91 Å². The number of nitrogens with one attached hydrogen (secondary N) is 1. The van der Waals surface area contributed by atoms with Crippen LogP contribution in [0.5, 0.6) is 5.75 Å². The van der Waals surface area contributed by atoms with Crippen LogP contribution >= 0.6 is 11.6 Å². The largest absolute Gasteiger partial charge is 0.482 e. The number of rotatable bonds is 5. The van der Waals surface area contributed by atoms with Crippen LogP contribution in [0.25, 0.3) is 0 Å². The number of halogens is 2. The van der Waals surface area contributed by atoms with E-state index in [2.05, 4.69) is 11.4 Å². The molecule has 106 valence electrons. The summed E-state index contributed by atoms with van der Waals surface area (Å²) in [5.74, 6) is -0.446. The summed E-state index contributed by atoms with van der Waals surface area (Å²) in [5.41, 5.74) is -0.854. The molecule has 6 heteroatoms. The van der Waals surface area contributed by atoms with Crippen LogP contribution in [-0.2, 0) is 4.79 Å². The number of nitriles is 1. The third-order valence-corrected chi connectivity index (χ3v) is 3.57. The molecule has 1 fully saturated rings. The Kier molecular flexibility index (Phi) is 4.15. The van der Waals surface area contributed by atoms with E-state index in [0.717, 1.165) is 18.9 Å². The maximum atomic E-state index is 12.9. The number of hydrogen-bond acceptors (Lipinski definition) is 3. The van der Waals surface area contributed by atoms with E-state index in [4.69, 9.17) is 21.6 Å². The first-order valence-corrected chi connectivity index (χ1v) is 6.62. The number of nitrogens with zero attached hydrogens (tertiary/aromatic N) is 1. The summed E-state index contributed by atoms with van der Waals surface area (Å²) in [5, 5.41) is 11.9. The summed E-state index contributed by atoms with van der Waals surface area (Å²) < 4.78 is 18.1. The van der Waals surface area contributed by atoms with Crippen molar-refractivity contribution in [2.75, 3.05) is 6.61 Å². The van der Waals surface area contributed by atoms with Gasteiger partial charge in [-0.3, -0.25) is 4.79 Å². The summed E-state index contributed by atoms with van der Waals surface area (Å²) in [6, 6.07) is 5.79. The van der Waals surface area contributed by atoms with Crippen LogP contribution in [0.1, 0.15) is 19.8 Å². The van der Waals surface area contributed by atoms with Crippen molar-refractivity contribution in [3.8, 4) is 11.8 Å². The second kappa shape index (κ2) is 5.68. The number of hydrogen-bond donors (Lipinski definition) is 1. The molecule has 1 amide bonds. The van der Waals surface area contributed by atoms with Crippen molar-refractivity contribution >= 4 is 17.5 Å². The van der Waals surface area contributed by atoms with Crippen molar-refractivity contribution < 1.29 is 13.9 Å². The first-order chi connectivity index (χ1) is 9.44. The van der Waals surface area contributed by atoms with Crippen LogP contribution in [0.3, 0.4) is 0 Å². The standard InChI is InChI=1S/C14H14ClFN2O2/c1-14(8-17,9-2-3-9)18-13(19)7-20-12-5-4-10(16)6-11(12)15/h4-6,9H,2-3,7H2,1H3,(H,18,19)/t14-/m0/s1. The Morgan fingerprint density at radius 1 is 1.65 bits per heavy atom. The molecule has 2 rings (SSSR count). The van der Waals surface area contributed by atoms with Gasteiger partial charge >= 0.3 is 0 Å². The van der Waals surface area contributed by atoms with Gasteiger partial charge < -0.3 is 10.1 Å². The SMILES string of the molecule is C[C@@](C#N)(NC(=O)COc1ccc(F)cc1Cl)C1CC1. The summed E-state index contributed by atoms with van der Waals surface area (Å²) in [7, 11) is 0. The molecule has 1 N–H and O–H groups in total. The molecule has 1 aliphatic carbocycles. The Hall–Kier alpha value is -1.80. The molecule has 1 atom stereocenters. The number of carbonyl (C=O) groups is 1. The molecule has 20 heavy (non-hydrogen) atoms. The van der Waals surface area contributed by atoms with Gasteiger partial charge in [0.05, 0.1) is 11.1 Å². The number of benzene rings is 1. The topological polar surface area (TPSA) is 62.1 Å². The van der Waals surface area contributed by atoms with E-state index < -0.39 is 17.3 Å². The molecule has 0 aromatic heterocycles. The fraction of sp³-hybridized carbons (Fsp3) is 0.429. The first-order valence-electron chi connectivity index (χ1n) is 6.25. The number of carbonyl (C=O) groups excluding carboxylic acids is 1. The van der Waals surface area contributed by atoms with Crippen LogP contribution in [0.2, 0.25) is 5.02 Å². The average Bonchev–Trinajstić information content (AvgIpc) is 3.22. The summed E-state index contributed by atoms with van der Waals surface area (Å²) in [6.45, 7) is 1.43. The normalized spacial score (nSPS) is 16.9. The minimum atomic E-state index is -0.854. The molecule has 1 saturated carbocycles. The van der Waals surface area contributed by atoms with Crippen molar-refractivity contribution in [3.05, 3.63) is 29.0 Å². The molecular formula is C14H14ClFN2O2. The molecule has 1 aliphatic rings. The van der Waals surface area contributed by atoms with Gasteiger partial charge in [-0.05, 0) is 43.9 Å². The fourth-order valence-electron chi connectivity index (χ4n) is 1.94. The van der Waals surface area contributed by atoms with Crippen molar-refractivity contribution in [3.63, 3.8) is 0 Å². The van der Waals surface area contributed by atoms with Gasteiger partial charge in [-0.25, -0.2) is 4.39 Å². The van der Waals surface area contributed by atoms with E-state index in [1.807, 2.05) is 0 Å². The van der Waals surface area contributed by atoms with E-state index in [1.54, 1.807) is 6.92 Å². The zero-order valence-electron chi connectivity index (χ0n) is 11.0. The van der Waals surface area contributed by atoms with Gasteiger partial charge in [-0.15, -0.1) is 0 Å². The zero-order chi connectivity index (χ0) is 14.8. The lowest BCUT2D eigenvalue weighted by molar-refractivity contribution is -0.124. The van der Waals surface area contributed by atoms with E-state index in [9.17, 15) is 9.18 Å². The predicted molar refractivity (Wildman–Crippen MR) is 71.8 cm³/mol. The first kappa shape index (κ1) is 14.6. The zero-order valence-corrected chi connectivity index (χ0v) is 11.7. The fourth-order valence-corrected chi connectivity index (χ4v) is 2.17. The van der Waals surface area contributed by atoms with Crippen molar-refractivity contribution in [1.29, 1.82) is 5.26 Å². The maximum absolute atomic E-state index is 12.9. The predicted octanol–water partition coefficient (Wildman–Crippen LogP) is 2.67. The molecule has 0 saturated heterocycles. The summed E-state index contributed by atoms with van der Waals surface area (Å²) >= 11 is 5.78. The highest BCUT2D eigenvalue weighted by atomic mass is 35.5. The quantitative estimate of drug-likeness (QED) is 0.908. The molecule has 0 radical (unpaired) electrons. The van der Waals surface area contributed by atoms with Crippen LogP contribution in [0.15, 0.2) is 18.2 Å². The molecule has 1 aromatic carbocycles. The van der Waals surface area contributed by atoms with Crippen LogP contribution in [0.4, 0.5) is 4.39 Å². The molecule has 0 aliphatic heterocycles. The Balaban J connectivity index is 1.90. The van der Waals surface area contributed by atoms with Crippen LogP contribution in [-0.4, -0.2) is 18.1 Å². The molecule has 4 nitrogen and oxygen atoms in total. The van der Waals surface area contributed by atoms with Gasteiger partial charge in [-0.1, -0.05) is 11.6 Å². The molecule has 0 unspecified atom stereocenters. The lowest BCUT2D eigenvalue weighted by atomic mass is 9.98. The van der Waals surface area contributed by atoms with E-state index >= 15 is 0 Å². The Labute approximate surface area is 121 Å². The Morgan fingerprint density at radius 3 is 2.90 bits per heavy atom. The third kappa shape index (κ3) is 3.40. The minimum absolute atomic E-state index is 0.100. The second-order valence-electron chi connectivity index (χ2n) is 5.00. The highest BCUT2D eigenvalue weighted by Gasteiger charge is 2.43. The monoisotopic (exact) mass is 296 g/mol. The number of ether oxygens (including phenoxy) is 1. The van der Waals surface area contributed by atoms with Gasteiger partial charge in [-0.2, -0.15) is 5.26 Å². The van der Waals surface area contributed by atoms with E-state index in [-0.39, 0.29) is 23.3 Å². The van der Waals surface area contributed by atoms with Crippen molar-refractivity contribution in [2.24, 2.45) is 5.92 Å². The van der Waals surface area contributed by atoms with Crippen LogP contribution in [0, 0.1) is 23.1 Å². The molecule has 0 heterocycles. The van der Waals surface area contributed by atoms with E-state index in [1.165, 1.54) is 12.1 Å². The summed E-state index contributed by atoms with van der Waals surface area (Å²) in [4.78, 5) is 11.8. The smallest absolute Gasteiger partial charge is 0.259 e. The summed E-state index contributed by atoms with van der Waals surface area (Å²) in [6.07, 6.45) is 1.88. The highest BCUT2D eigenvalue weighted by Crippen LogP contribution is 2.39. The molecule has 0 spiro atoms. The maximum Gasteiger partial charge on any atom is 0.259 e. The van der Waals surface area contributed by atoms with Gasteiger partial charge in [0.15, 0.2) is 6.61 Å². The van der Waals surface area contributed by atoms with Crippen molar-refractivity contribution in [2.45, 2.75) is 25.3 Å². The van der Waals surface area contributed by atoms with Crippen molar-refractivity contribution in [1.82, 2.24) is 5.32 Å². The minimum Gasteiger partial charge on any atom is -0.482 e. The molecule has 0 bridgehead atoms. The van der Waals surface area contributed by atoms with Gasteiger partial charge in [0.2, 0.25) is 0 Å². The Bertz CT molecular complexity index is 569. The van der Waals surface area contributed by atoms with Crippen LogP contribution < -0.4 is 10.1 Å². The Morgan fingerprint density at radius 2 is 2.35 bits per heavy atom. The molecular weight excluding hydrogens is 283 g/mol. The lowest BCUT2D eigenvalue weighted by Crippen LogP contribution is -2.48.